The van der Waals surface area contributed by atoms with Crippen molar-refractivity contribution < 1.29 is 9.53 Å². The standard InChI is InChI=1S/C14H26O2/c1-6-7-8-9-12(15)11-10-13(2,3)16-14(11,4)5/h11H,6-10H2,1-5H3. The minimum atomic E-state index is -0.285. The normalized spacial score (nSPS) is 26.9. The largest absolute Gasteiger partial charge is 0.369 e. The lowest BCUT2D eigenvalue weighted by Crippen LogP contribution is -2.33. The smallest absolute Gasteiger partial charge is 0.138 e. The zero-order valence-corrected chi connectivity index (χ0v) is 11.4. The van der Waals surface area contributed by atoms with Crippen LogP contribution in [0, 0.1) is 5.92 Å². The van der Waals surface area contributed by atoms with Gasteiger partial charge in [0, 0.05) is 12.3 Å². The SMILES string of the molecule is CCCCCC(=O)C1CC(C)(C)OC1(C)C. The molecule has 0 radical (unpaired) electrons. The molecule has 1 fully saturated rings. The fourth-order valence-corrected chi connectivity index (χ4v) is 2.79. The summed E-state index contributed by atoms with van der Waals surface area (Å²) in [6, 6.07) is 0. The van der Waals surface area contributed by atoms with Gasteiger partial charge in [-0.05, 0) is 40.5 Å². The fourth-order valence-electron chi connectivity index (χ4n) is 2.79. The second-order valence-electron chi connectivity index (χ2n) is 6.15. The van der Waals surface area contributed by atoms with Gasteiger partial charge in [-0.3, -0.25) is 4.79 Å². The molecule has 1 aliphatic rings. The van der Waals surface area contributed by atoms with Gasteiger partial charge < -0.3 is 4.74 Å². The second kappa shape index (κ2) is 4.87. The Kier molecular flexibility index (Phi) is 4.17. The Labute approximate surface area is 99.8 Å². The van der Waals surface area contributed by atoms with E-state index in [1.165, 1.54) is 6.42 Å². The van der Waals surface area contributed by atoms with Gasteiger partial charge >= 0.3 is 0 Å². The Balaban J connectivity index is 2.56. The van der Waals surface area contributed by atoms with Crippen LogP contribution < -0.4 is 0 Å². The van der Waals surface area contributed by atoms with Gasteiger partial charge in [0.25, 0.3) is 0 Å². The van der Waals surface area contributed by atoms with E-state index in [2.05, 4.69) is 20.8 Å². The number of rotatable bonds is 5. The molecule has 0 amide bonds. The van der Waals surface area contributed by atoms with E-state index in [-0.39, 0.29) is 17.1 Å². The molecule has 1 aliphatic heterocycles. The van der Waals surface area contributed by atoms with E-state index in [0.717, 1.165) is 25.7 Å². The predicted molar refractivity (Wildman–Crippen MR) is 66.5 cm³/mol. The molecule has 0 N–H and O–H groups in total. The molecule has 2 nitrogen and oxygen atoms in total. The van der Waals surface area contributed by atoms with E-state index in [9.17, 15) is 4.79 Å². The maximum Gasteiger partial charge on any atom is 0.138 e. The molecule has 0 bridgehead atoms. The number of ketones is 1. The van der Waals surface area contributed by atoms with Gasteiger partial charge in [0.2, 0.25) is 0 Å². The van der Waals surface area contributed by atoms with Gasteiger partial charge in [0.15, 0.2) is 0 Å². The topological polar surface area (TPSA) is 26.3 Å². The third kappa shape index (κ3) is 3.31. The fraction of sp³-hybridized carbons (Fsp3) is 0.929. The summed E-state index contributed by atoms with van der Waals surface area (Å²) in [5.74, 6) is 0.475. The lowest BCUT2D eigenvalue weighted by atomic mass is 9.82. The molecule has 0 aromatic heterocycles. The summed E-state index contributed by atoms with van der Waals surface area (Å²) < 4.78 is 5.96. The number of hydrogen-bond donors (Lipinski definition) is 0. The molecule has 0 aromatic carbocycles. The molecule has 1 unspecified atom stereocenters. The number of unbranched alkanes of at least 4 members (excludes halogenated alkanes) is 2. The summed E-state index contributed by atoms with van der Waals surface area (Å²) in [6.45, 7) is 10.4. The number of carbonyl (C=O) groups is 1. The lowest BCUT2D eigenvalue weighted by molar-refractivity contribution is -0.129. The molecule has 0 spiro atoms. The van der Waals surface area contributed by atoms with Gasteiger partial charge in [-0.1, -0.05) is 19.8 Å². The molecule has 0 aromatic rings. The van der Waals surface area contributed by atoms with Gasteiger partial charge in [-0.2, -0.15) is 0 Å². The third-order valence-corrected chi connectivity index (χ3v) is 3.49. The maximum atomic E-state index is 12.1. The number of Topliss-reactive ketones (excluding diaryl/α,β-unsaturated/α-hetero) is 1. The minimum absolute atomic E-state index is 0.0827. The van der Waals surface area contributed by atoms with Gasteiger partial charge in [-0.15, -0.1) is 0 Å². The van der Waals surface area contributed by atoms with Crippen LogP contribution in [-0.2, 0) is 9.53 Å². The summed E-state index contributed by atoms with van der Waals surface area (Å²) in [4.78, 5) is 12.1. The highest BCUT2D eigenvalue weighted by Crippen LogP contribution is 2.42. The van der Waals surface area contributed by atoms with Crippen LogP contribution in [-0.4, -0.2) is 17.0 Å². The van der Waals surface area contributed by atoms with Crippen molar-refractivity contribution in [3.05, 3.63) is 0 Å². The highest BCUT2D eigenvalue weighted by molar-refractivity contribution is 5.82. The van der Waals surface area contributed by atoms with Crippen LogP contribution >= 0.6 is 0 Å². The first-order valence-corrected chi connectivity index (χ1v) is 6.51. The molecule has 16 heavy (non-hydrogen) atoms. The number of carbonyl (C=O) groups excluding carboxylic acids is 1. The Morgan fingerprint density at radius 1 is 1.25 bits per heavy atom. The van der Waals surface area contributed by atoms with Crippen molar-refractivity contribution in [2.45, 2.75) is 77.9 Å². The lowest BCUT2D eigenvalue weighted by Gasteiger charge is -2.26. The molecule has 1 heterocycles. The zero-order valence-electron chi connectivity index (χ0n) is 11.4. The molecule has 0 aliphatic carbocycles. The Hall–Kier alpha value is -0.370. The maximum absolute atomic E-state index is 12.1. The van der Waals surface area contributed by atoms with Crippen LogP contribution in [0.15, 0.2) is 0 Å². The van der Waals surface area contributed by atoms with E-state index in [0.29, 0.717) is 5.78 Å². The summed E-state index contributed by atoms with van der Waals surface area (Å²) in [5.41, 5.74) is -0.429. The minimum Gasteiger partial charge on any atom is -0.369 e. The molecule has 1 rings (SSSR count). The second-order valence-corrected chi connectivity index (χ2v) is 6.15. The first-order chi connectivity index (χ1) is 7.28. The van der Waals surface area contributed by atoms with Crippen molar-refractivity contribution in [3.8, 4) is 0 Å². The quantitative estimate of drug-likeness (QED) is 0.668. The monoisotopic (exact) mass is 226 g/mol. The van der Waals surface area contributed by atoms with Crippen molar-refractivity contribution >= 4 is 5.78 Å². The van der Waals surface area contributed by atoms with E-state index in [4.69, 9.17) is 4.74 Å². The van der Waals surface area contributed by atoms with Crippen LogP contribution in [0.4, 0.5) is 0 Å². The Morgan fingerprint density at radius 3 is 2.31 bits per heavy atom. The Bertz CT molecular complexity index is 253. The van der Waals surface area contributed by atoms with E-state index < -0.39 is 0 Å². The van der Waals surface area contributed by atoms with E-state index in [1.807, 2.05) is 13.8 Å². The van der Waals surface area contributed by atoms with Crippen LogP contribution in [0.3, 0.4) is 0 Å². The first kappa shape index (κ1) is 13.7. The zero-order chi connectivity index (χ0) is 12.4. The molecular formula is C14H26O2. The average molecular weight is 226 g/mol. The summed E-state index contributed by atoms with van der Waals surface area (Å²) in [7, 11) is 0. The van der Waals surface area contributed by atoms with E-state index >= 15 is 0 Å². The highest BCUT2D eigenvalue weighted by Gasteiger charge is 2.48. The van der Waals surface area contributed by atoms with Crippen LogP contribution in [0.25, 0.3) is 0 Å². The first-order valence-electron chi connectivity index (χ1n) is 6.51. The summed E-state index contributed by atoms with van der Waals surface area (Å²) in [6.07, 6.45) is 4.95. The van der Waals surface area contributed by atoms with Gasteiger partial charge in [-0.25, -0.2) is 0 Å². The average Bonchev–Trinajstić information content (AvgIpc) is 2.34. The molecule has 94 valence electrons. The Morgan fingerprint density at radius 2 is 1.88 bits per heavy atom. The van der Waals surface area contributed by atoms with Crippen molar-refractivity contribution in [1.29, 1.82) is 0 Å². The summed E-state index contributed by atoms with van der Waals surface area (Å²) >= 11 is 0. The predicted octanol–water partition coefficient (Wildman–Crippen LogP) is 3.73. The molecule has 2 heteroatoms. The van der Waals surface area contributed by atoms with Crippen molar-refractivity contribution in [1.82, 2.24) is 0 Å². The van der Waals surface area contributed by atoms with Crippen molar-refractivity contribution in [3.63, 3.8) is 0 Å². The number of hydrogen-bond acceptors (Lipinski definition) is 2. The van der Waals surface area contributed by atoms with E-state index in [1.54, 1.807) is 0 Å². The molecular weight excluding hydrogens is 200 g/mol. The van der Waals surface area contributed by atoms with Crippen LogP contribution in [0.1, 0.15) is 66.7 Å². The molecule has 0 saturated carbocycles. The molecule has 1 atom stereocenters. The van der Waals surface area contributed by atoms with Gasteiger partial charge in [0.1, 0.15) is 5.78 Å². The van der Waals surface area contributed by atoms with Crippen LogP contribution in [0.5, 0.6) is 0 Å². The summed E-state index contributed by atoms with van der Waals surface area (Å²) in [5, 5.41) is 0. The third-order valence-electron chi connectivity index (χ3n) is 3.49. The highest BCUT2D eigenvalue weighted by atomic mass is 16.5. The molecule has 1 saturated heterocycles. The van der Waals surface area contributed by atoms with Crippen molar-refractivity contribution in [2.24, 2.45) is 5.92 Å². The van der Waals surface area contributed by atoms with Gasteiger partial charge in [0.05, 0.1) is 11.2 Å². The van der Waals surface area contributed by atoms with Crippen molar-refractivity contribution in [2.75, 3.05) is 0 Å². The van der Waals surface area contributed by atoms with Crippen LogP contribution in [0.2, 0.25) is 0 Å². The number of ether oxygens (including phenoxy) is 1.